The van der Waals surface area contributed by atoms with Crippen LogP contribution in [-0.2, 0) is 9.78 Å². The molecule has 0 amide bonds. The molecule has 0 radical (unpaired) electrons. The molecule has 0 aromatic rings. The molecule has 0 bridgehead atoms. The average Bonchev–Trinajstić information content (AvgIpc) is 2.45. The number of aliphatic hydroxyl groups excluding tert-OH is 2. The Morgan fingerprint density at radius 1 is 1.50 bits per heavy atom. The van der Waals surface area contributed by atoms with Gasteiger partial charge in [0.1, 0.15) is 6.10 Å². The minimum atomic E-state index is -0.667. The lowest BCUT2D eigenvalue weighted by atomic mass is 10.3. The number of hydrogen-bond acceptors (Lipinski definition) is 4. The van der Waals surface area contributed by atoms with Gasteiger partial charge in [0, 0.05) is 13.0 Å². The molecular weight excluding hydrogens is 112 g/mol. The summed E-state index contributed by atoms with van der Waals surface area (Å²) in [6, 6.07) is 0. The van der Waals surface area contributed by atoms with Crippen molar-refractivity contribution in [3.8, 4) is 0 Å². The Bertz CT molecular complexity index is 70.4. The first kappa shape index (κ1) is 5.97. The Hall–Kier alpha value is -0.160. The van der Waals surface area contributed by atoms with Crippen LogP contribution in [0.5, 0.6) is 0 Å². The number of aliphatic hydroxyl groups is 2. The molecule has 0 aromatic carbocycles. The molecule has 1 aliphatic heterocycles. The van der Waals surface area contributed by atoms with Crippen molar-refractivity contribution in [3.63, 3.8) is 0 Å². The second-order valence-electron chi connectivity index (χ2n) is 1.64. The van der Waals surface area contributed by atoms with Gasteiger partial charge >= 0.3 is 0 Å². The molecule has 0 aromatic heterocycles. The van der Waals surface area contributed by atoms with Crippen molar-refractivity contribution in [2.24, 2.45) is 0 Å². The van der Waals surface area contributed by atoms with Crippen LogP contribution in [0.3, 0.4) is 0 Å². The van der Waals surface area contributed by atoms with Crippen molar-refractivity contribution in [1.29, 1.82) is 0 Å². The molecular formula is C4H8O4. The minimum Gasteiger partial charge on any atom is -0.396 e. The van der Waals surface area contributed by atoms with Crippen LogP contribution in [0.4, 0.5) is 0 Å². The third kappa shape index (κ3) is 1.41. The van der Waals surface area contributed by atoms with E-state index >= 15 is 0 Å². The van der Waals surface area contributed by atoms with Crippen molar-refractivity contribution in [3.05, 3.63) is 0 Å². The van der Waals surface area contributed by atoms with E-state index in [0.717, 1.165) is 0 Å². The zero-order valence-electron chi connectivity index (χ0n) is 4.28. The predicted molar refractivity (Wildman–Crippen MR) is 23.7 cm³/mol. The first-order chi connectivity index (χ1) is 3.84. The van der Waals surface area contributed by atoms with Crippen LogP contribution in [0.2, 0.25) is 0 Å². The van der Waals surface area contributed by atoms with E-state index in [1.54, 1.807) is 0 Å². The summed E-state index contributed by atoms with van der Waals surface area (Å²) in [6.07, 6.45) is -0.841. The lowest BCUT2D eigenvalue weighted by molar-refractivity contribution is 0.0850. The first-order valence-electron chi connectivity index (χ1n) is 2.45. The van der Waals surface area contributed by atoms with Gasteiger partial charge in [-0.2, -0.15) is 9.78 Å². The molecule has 1 unspecified atom stereocenters. The van der Waals surface area contributed by atoms with Crippen LogP contribution in [0, 0.1) is 0 Å². The fourth-order valence-electron chi connectivity index (χ4n) is 0.429. The fraction of sp³-hybridized carbons (Fsp3) is 1.00. The molecule has 0 aliphatic carbocycles. The third-order valence-corrected chi connectivity index (χ3v) is 0.946. The predicted octanol–water partition coefficient (Wildman–Crippen LogP) is -0.982. The van der Waals surface area contributed by atoms with Gasteiger partial charge < -0.3 is 10.2 Å². The zero-order chi connectivity index (χ0) is 5.98. The van der Waals surface area contributed by atoms with E-state index in [0.29, 0.717) is 6.42 Å². The Balaban J connectivity index is 2.03. The largest absolute Gasteiger partial charge is 0.396 e. The zero-order valence-corrected chi connectivity index (χ0v) is 4.28. The van der Waals surface area contributed by atoms with Gasteiger partial charge in [0.15, 0.2) is 0 Å². The lowest BCUT2D eigenvalue weighted by Crippen LogP contribution is -2.15. The van der Waals surface area contributed by atoms with Gasteiger partial charge in [-0.05, 0) is 0 Å². The minimum absolute atomic E-state index is 0.0373. The van der Waals surface area contributed by atoms with Gasteiger partial charge in [0.05, 0.1) is 0 Å². The molecule has 48 valence electrons. The smallest absolute Gasteiger partial charge is 0.250 e. The van der Waals surface area contributed by atoms with Crippen LogP contribution >= 0.6 is 0 Å². The third-order valence-electron chi connectivity index (χ3n) is 0.946. The van der Waals surface area contributed by atoms with E-state index in [1.165, 1.54) is 0 Å². The highest BCUT2D eigenvalue weighted by molar-refractivity contribution is 4.61. The van der Waals surface area contributed by atoms with Crippen LogP contribution < -0.4 is 0 Å². The first-order valence-corrected chi connectivity index (χ1v) is 2.45. The van der Waals surface area contributed by atoms with E-state index in [2.05, 4.69) is 9.78 Å². The summed E-state index contributed by atoms with van der Waals surface area (Å²) in [6.45, 7) is -0.0373. The maximum atomic E-state index is 8.78. The Labute approximate surface area is 46.6 Å². The maximum absolute atomic E-state index is 8.78. The SMILES string of the molecule is OCCC(O)C1OO1. The number of rotatable bonds is 3. The van der Waals surface area contributed by atoms with E-state index in [4.69, 9.17) is 10.2 Å². The highest BCUT2D eigenvalue weighted by atomic mass is 17.4. The lowest BCUT2D eigenvalue weighted by Gasteiger charge is -1.97. The summed E-state index contributed by atoms with van der Waals surface area (Å²) in [5.41, 5.74) is 0. The van der Waals surface area contributed by atoms with Gasteiger partial charge in [-0.25, -0.2) is 0 Å². The summed E-state index contributed by atoms with van der Waals surface area (Å²) in [5.74, 6) is 0. The van der Waals surface area contributed by atoms with Crippen LogP contribution in [-0.4, -0.2) is 29.2 Å². The second-order valence-corrected chi connectivity index (χ2v) is 1.64. The normalized spacial score (nSPS) is 23.2. The maximum Gasteiger partial charge on any atom is 0.250 e. The molecule has 2 N–H and O–H groups in total. The van der Waals surface area contributed by atoms with Crippen molar-refractivity contribution in [2.75, 3.05) is 6.61 Å². The standard InChI is InChI=1S/C4H8O4/c5-2-1-3(6)4-7-8-4/h3-6H,1-2H2. The van der Waals surface area contributed by atoms with Gasteiger partial charge in [-0.3, -0.25) is 0 Å². The van der Waals surface area contributed by atoms with E-state index in [-0.39, 0.29) is 6.61 Å². The molecule has 1 heterocycles. The molecule has 0 saturated carbocycles. The van der Waals surface area contributed by atoms with Crippen LogP contribution in [0.15, 0.2) is 0 Å². The molecule has 8 heavy (non-hydrogen) atoms. The summed E-state index contributed by atoms with van der Waals surface area (Å²) < 4.78 is 0. The summed E-state index contributed by atoms with van der Waals surface area (Å²) >= 11 is 0. The molecule has 4 heteroatoms. The van der Waals surface area contributed by atoms with E-state index in [9.17, 15) is 0 Å². The fourth-order valence-corrected chi connectivity index (χ4v) is 0.429. The molecule has 4 nitrogen and oxygen atoms in total. The van der Waals surface area contributed by atoms with Crippen molar-refractivity contribution >= 4 is 0 Å². The van der Waals surface area contributed by atoms with Crippen LogP contribution in [0.25, 0.3) is 0 Å². The highest BCUT2D eigenvalue weighted by Crippen LogP contribution is 2.17. The molecule has 1 aliphatic rings. The van der Waals surface area contributed by atoms with Gasteiger partial charge in [-0.15, -0.1) is 0 Å². The Morgan fingerprint density at radius 2 is 2.12 bits per heavy atom. The van der Waals surface area contributed by atoms with Gasteiger partial charge in [0.25, 0.3) is 0 Å². The quantitative estimate of drug-likeness (QED) is 0.371. The Morgan fingerprint density at radius 3 is 2.50 bits per heavy atom. The van der Waals surface area contributed by atoms with Crippen molar-refractivity contribution in [2.45, 2.75) is 18.8 Å². The topological polar surface area (TPSA) is 65.5 Å². The van der Waals surface area contributed by atoms with Crippen molar-refractivity contribution < 1.29 is 20.0 Å². The molecule has 1 rings (SSSR count). The van der Waals surface area contributed by atoms with Crippen molar-refractivity contribution in [1.82, 2.24) is 0 Å². The summed E-state index contributed by atoms with van der Waals surface area (Å²) in [5, 5.41) is 17.0. The molecule has 1 fully saturated rings. The van der Waals surface area contributed by atoms with Gasteiger partial charge in [0.2, 0.25) is 6.29 Å². The van der Waals surface area contributed by atoms with E-state index in [1.807, 2.05) is 0 Å². The average molecular weight is 120 g/mol. The van der Waals surface area contributed by atoms with Gasteiger partial charge in [-0.1, -0.05) is 0 Å². The van der Waals surface area contributed by atoms with Crippen LogP contribution in [0.1, 0.15) is 6.42 Å². The summed E-state index contributed by atoms with van der Waals surface area (Å²) in [4.78, 5) is 8.52. The molecule has 1 atom stereocenters. The van der Waals surface area contributed by atoms with E-state index < -0.39 is 12.4 Å². The molecule has 0 spiro atoms. The Kier molecular flexibility index (Phi) is 1.80. The highest BCUT2D eigenvalue weighted by Gasteiger charge is 2.33. The summed E-state index contributed by atoms with van der Waals surface area (Å²) in [7, 11) is 0. The molecule has 1 saturated heterocycles. The second kappa shape index (κ2) is 2.41. The monoisotopic (exact) mass is 120 g/mol. The number of hydrogen-bond donors (Lipinski definition) is 2.